The minimum Gasteiger partial charge on any atom is -0.346 e. The minimum absolute atomic E-state index is 0.0546. The van der Waals surface area contributed by atoms with Crippen LogP contribution in [0.3, 0.4) is 0 Å². The fourth-order valence-electron chi connectivity index (χ4n) is 4.20. The molecule has 2 fully saturated rings. The zero-order valence-corrected chi connectivity index (χ0v) is 17.8. The Bertz CT molecular complexity index is 912. The summed E-state index contributed by atoms with van der Waals surface area (Å²) in [6.07, 6.45) is 6.29. The van der Waals surface area contributed by atoms with E-state index in [0.29, 0.717) is 24.1 Å². The molecule has 2 unspecified atom stereocenters. The van der Waals surface area contributed by atoms with E-state index in [2.05, 4.69) is 45.1 Å². The highest BCUT2D eigenvalue weighted by Gasteiger charge is 2.37. The second-order valence-electron chi connectivity index (χ2n) is 8.29. The zero-order chi connectivity index (χ0) is 19.8. The van der Waals surface area contributed by atoms with Gasteiger partial charge in [0.25, 0.3) is 5.91 Å². The lowest BCUT2D eigenvalue weighted by atomic mass is 9.75. The first-order chi connectivity index (χ1) is 13.4. The van der Waals surface area contributed by atoms with Gasteiger partial charge in [0.1, 0.15) is 5.69 Å². The first-order valence-electron chi connectivity index (χ1n) is 9.92. The topological polar surface area (TPSA) is 75.2 Å². The molecule has 2 aromatic heterocycles. The van der Waals surface area contributed by atoms with Gasteiger partial charge in [0.2, 0.25) is 5.91 Å². The number of likely N-dealkylation sites (tertiary alicyclic amines) is 1. The predicted octanol–water partition coefficient (Wildman–Crippen LogP) is 3.41. The van der Waals surface area contributed by atoms with Crippen LogP contribution in [0.15, 0.2) is 29.0 Å². The van der Waals surface area contributed by atoms with Crippen LogP contribution >= 0.6 is 15.9 Å². The maximum absolute atomic E-state index is 12.8. The number of aromatic nitrogens is 2. The molecule has 0 bridgehead atoms. The van der Waals surface area contributed by atoms with E-state index >= 15 is 0 Å². The molecule has 1 aliphatic heterocycles. The number of amides is 2. The Hall–Kier alpha value is -2.02. The average Bonchev–Trinajstić information content (AvgIpc) is 2.66. The van der Waals surface area contributed by atoms with E-state index in [9.17, 15) is 9.59 Å². The molecule has 0 radical (unpaired) electrons. The van der Waals surface area contributed by atoms with Crippen molar-refractivity contribution in [3.63, 3.8) is 0 Å². The van der Waals surface area contributed by atoms with Crippen molar-refractivity contribution in [2.45, 2.75) is 39.2 Å². The molecule has 1 saturated heterocycles. The number of fused-ring (bicyclic) bond motifs is 1. The molecule has 2 amide bonds. The quantitative estimate of drug-likeness (QED) is 0.786. The van der Waals surface area contributed by atoms with Gasteiger partial charge in [-0.15, -0.1) is 0 Å². The highest BCUT2D eigenvalue weighted by molar-refractivity contribution is 9.10. The highest BCUT2D eigenvalue weighted by atomic mass is 79.9. The maximum Gasteiger partial charge on any atom is 0.270 e. The van der Waals surface area contributed by atoms with Crippen molar-refractivity contribution in [2.75, 3.05) is 13.1 Å². The molecule has 3 heterocycles. The number of hydrogen-bond acceptors (Lipinski definition) is 4. The number of piperidine rings is 1. The molecule has 2 atom stereocenters. The second-order valence-corrected chi connectivity index (χ2v) is 9.15. The van der Waals surface area contributed by atoms with Gasteiger partial charge in [-0.3, -0.25) is 14.6 Å². The summed E-state index contributed by atoms with van der Waals surface area (Å²) in [4.78, 5) is 36.1. The fourth-order valence-corrected chi connectivity index (χ4v) is 4.63. The molecule has 0 spiro atoms. The van der Waals surface area contributed by atoms with E-state index in [1.54, 1.807) is 18.5 Å². The van der Waals surface area contributed by atoms with E-state index in [4.69, 9.17) is 0 Å². The molecular weight excluding hydrogens is 420 g/mol. The van der Waals surface area contributed by atoms with Crippen LogP contribution in [0, 0.1) is 17.8 Å². The van der Waals surface area contributed by atoms with Gasteiger partial charge in [-0.2, -0.15) is 0 Å². The summed E-state index contributed by atoms with van der Waals surface area (Å²) < 4.78 is 0.761. The van der Waals surface area contributed by atoms with E-state index in [1.807, 2.05) is 11.0 Å². The summed E-state index contributed by atoms with van der Waals surface area (Å²) in [5.74, 6) is 1.21. The molecule has 1 saturated carbocycles. The number of carbonyl (C=O) groups is 2. The lowest BCUT2D eigenvalue weighted by molar-refractivity contribution is -0.141. The van der Waals surface area contributed by atoms with Crippen LogP contribution in [0.5, 0.6) is 0 Å². The Labute approximate surface area is 173 Å². The molecule has 148 valence electrons. The lowest BCUT2D eigenvalue weighted by Crippen LogP contribution is -2.55. The van der Waals surface area contributed by atoms with Crippen LogP contribution in [0.4, 0.5) is 0 Å². The maximum atomic E-state index is 12.8. The van der Waals surface area contributed by atoms with Gasteiger partial charge >= 0.3 is 0 Å². The molecule has 0 aromatic carbocycles. The van der Waals surface area contributed by atoms with Crippen molar-refractivity contribution in [1.82, 2.24) is 20.2 Å². The van der Waals surface area contributed by atoms with Crippen LogP contribution in [-0.2, 0) is 4.79 Å². The SMILES string of the molecule is CC1CC(C(=O)N2CCC(C)C(NC(=O)c3ccc4cncc(Br)c4n3)C2)C1. The van der Waals surface area contributed by atoms with Gasteiger partial charge in [0.05, 0.1) is 9.99 Å². The summed E-state index contributed by atoms with van der Waals surface area (Å²) in [6, 6.07) is 3.52. The minimum atomic E-state index is -0.200. The Morgan fingerprint density at radius 1 is 1.21 bits per heavy atom. The molecule has 7 heteroatoms. The second kappa shape index (κ2) is 7.78. The number of pyridine rings is 2. The summed E-state index contributed by atoms with van der Waals surface area (Å²) in [5.41, 5.74) is 1.10. The smallest absolute Gasteiger partial charge is 0.270 e. The van der Waals surface area contributed by atoms with Crippen molar-refractivity contribution in [1.29, 1.82) is 0 Å². The third kappa shape index (κ3) is 3.77. The standard InChI is InChI=1S/C21H25BrN4O2/c1-12-7-15(8-12)21(28)26-6-5-13(2)18(11-26)25-20(27)17-4-3-14-9-23-10-16(22)19(14)24-17/h3-4,9-10,12-13,15,18H,5-8,11H2,1-2H3,(H,25,27). The molecule has 2 aromatic rings. The van der Waals surface area contributed by atoms with Crippen molar-refractivity contribution >= 4 is 38.6 Å². The third-order valence-electron chi connectivity index (χ3n) is 6.10. The zero-order valence-electron chi connectivity index (χ0n) is 16.2. The van der Waals surface area contributed by atoms with Gasteiger partial charge in [-0.05, 0) is 59.2 Å². The van der Waals surface area contributed by atoms with Crippen LogP contribution < -0.4 is 5.32 Å². The summed E-state index contributed by atoms with van der Waals surface area (Å²) in [6.45, 7) is 5.69. The van der Waals surface area contributed by atoms with E-state index < -0.39 is 0 Å². The molecule has 6 nitrogen and oxygen atoms in total. The molecule has 1 N–H and O–H groups in total. The molecule has 4 rings (SSSR count). The van der Waals surface area contributed by atoms with Crippen molar-refractivity contribution in [3.05, 3.63) is 34.7 Å². The summed E-state index contributed by atoms with van der Waals surface area (Å²) in [7, 11) is 0. The van der Waals surface area contributed by atoms with Gasteiger partial charge < -0.3 is 10.2 Å². The number of nitrogens with zero attached hydrogens (tertiary/aromatic N) is 3. The predicted molar refractivity (Wildman–Crippen MR) is 111 cm³/mol. The first kappa shape index (κ1) is 19.3. The summed E-state index contributed by atoms with van der Waals surface area (Å²) in [5, 5.41) is 3.99. The van der Waals surface area contributed by atoms with Crippen molar-refractivity contribution < 1.29 is 9.59 Å². The van der Waals surface area contributed by atoms with Crippen LogP contribution in [0.2, 0.25) is 0 Å². The average molecular weight is 445 g/mol. The summed E-state index contributed by atoms with van der Waals surface area (Å²) >= 11 is 3.44. The Kier molecular flexibility index (Phi) is 5.36. The van der Waals surface area contributed by atoms with E-state index in [1.165, 1.54) is 0 Å². The number of rotatable bonds is 3. The number of carbonyl (C=O) groups excluding carboxylic acids is 2. The Morgan fingerprint density at radius 2 is 2.00 bits per heavy atom. The van der Waals surface area contributed by atoms with Gasteiger partial charge in [-0.1, -0.05) is 13.8 Å². The molecular formula is C21H25BrN4O2. The van der Waals surface area contributed by atoms with Gasteiger partial charge in [-0.25, -0.2) is 4.98 Å². The van der Waals surface area contributed by atoms with E-state index in [0.717, 1.165) is 41.2 Å². The number of hydrogen-bond donors (Lipinski definition) is 1. The molecule has 1 aliphatic carbocycles. The monoisotopic (exact) mass is 444 g/mol. The van der Waals surface area contributed by atoms with Crippen molar-refractivity contribution in [3.8, 4) is 0 Å². The van der Waals surface area contributed by atoms with Crippen LogP contribution in [0.25, 0.3) is 10.9 Å². The number of nitrogens with one attached hydrogen (secondary N) is 1. The Morgan fingerprint density at radius 3 is 2.75 bits per heavy atom. The van der Waals surface area contributed by atoms with Gasteiger partial charge in [0.15, 0.2) is 0 Å². The third-order valence-corrected chi connectivity index (χ3v) is 6.68. The molecule has 28 heavy (non-hydrogen) atoms. The normalized spacial score (nSPS) is 27.3. The fraction of sp³-hybridized carbons (Fsp3) is 0.524. The Balaban J connectivity index is 1.45. The molecule has 2 aliphatic rings. The largest absolute Gasteiger partial charge is 0.346 e. The highest BCUT2D eigenvalue weighted by Crippen LogP contribution is 2.35. The number of halogens is 1. The van der Waals surface area contributed by atoms with Crippen molar-refractivity contribution in [2.24, 2.45) is 17.8 Å². The van der Waals surface area contributed by atoms with Gasteiger partial charge in [0, 0.05) is 42.8 Å². The van der Waals surface area contributed by atoms with E-state index in [-0.39, 0.29) is 23.8 Å². The first-order valence-corrected chi connectivity index (χ1v) is 10.7. The lowest BCUT2D eigenvalue weighted by Gasteiger charge is -2.41. The van der Waals surface area contributed by atoms with Crippen LogP contribution in [0.1, 0.15) is 43.6 Å². The van der Waals surface area contributed by atoms with Crippen LogP contribution in [-0.4, -0.2) is 45.8 Å².